The van der Waals surface area contributed by atoms with Crippen molar-refractivity contribution in [2.45, 2.75) is 31.7 Å². The van der Waals surface area contributed by atoms with Gasteiger partial charge in [0.05, 0.1) is 0 Å². The predicted octanol–water partition coefficient (Wildman–Crippen LogP) is 1.37. The smallest absolute Gasteiger partial charge is 0.326 e. The van der Waals surface area contributed by atoms with Crippen molar-refractivity contribution in [1.29, 1.82) is 0 Å². The summed E-state index contributed by atoms with van der Waals surface area (Å²) >= 11 is 1.40. The molecule has 1 saturated heterocycles. The molecule has 0 amide bonds. The number of rotatable bonds is 2. The fourth-order valence-corrected chi connectivity index (χ4v) is 2.52. The number of carboxylic acid groups (broad SMARTS) is 1. The molecule has 1 aliphatic heterocycles. The first-order valence-electron chi connectivity index (χ1n) is 5.04. The van der Waals surface area contributed by atoms with Crippen molar-refractivity contribution in [2.24, 2.45) is 0 Å². The Balaban J connectivity index is 2.20. The van der Waals surface area contributed by atoms with Gasteiger partial charge >= 0.3 is 5.97 Å². The van der Waals surface area contributed by atoms with Crippen LogP contribution in [0.1, 0.15) is 25.7 Å². The Morgan fingerprint density at radius 1 is 1.53 bits per heavy atom. The Morgan fingerprint density at radius 3 is 3.07 bits per heavy atom. The molecule has 6 heteroatoms. The Labute approximate surface area is 91.7 Å². The van der Waals surface area contributed by atoms with Crippen molar-refractivity contribution in [3.05, 3.63) is 5.51 Å². The van der Waals surface area contributed by atoms with E-state index in [9.17, 15) is 4.79 Å². The third kappa shape index (κ3) is 2.26. The van der Waals surface area contributed by atoms with Crippen LogP contribution in [0.15, 0.2) is 5.51 Å². The number of nitrogens with zero attached hydrogens (tertiary/aromatic N) is 3. The molecule has 1 aromatic heterocycles. The minimum atomic E-state index is -0.757. The van der Waals surface area contributed by atoms with E-state index in [-0.39, 0.29) is 0 Å². The molecule has 0 radical (unpaired) electrons. The lowest BCUT2D eigenvalue weighted by molar-refractivity contribution is -0.138. The predicted molar refractivity (Wildman–Crippen MR) is 57.1 cm³/mol. The zero-order chi connectivity index (χ0) is 10.7. The number of anilines is 1. The Kier molecular flexibility index (Phi) is 3.15. The fourth-order valence-electron chi connectivity index (χ4n) is 1.89. The second-order valence-corrected chi connectivity index (χ2v) is 4.43. The van der Waals surface area contributed by atoms with Gasteiger partial charge in [0.15, 0.2) is 0 Å². The highest BCUT2D eigenvalue weighted by atomic mass is 32.1. The third-order valence-electron chi connectivity index (χ3n) is 2.63. The summed E-state index contributed by atoms with van der Waals surface area (Å²) in [6, 6.07) is -0.430. The van der Waals surface area contributed by atoms with Crippen molar-refractivity contribution < 1.29 is 9.90 Å². The standard InChI is InChI=1S/C9H13N3O2S/c13-8(14)7-4-2-1-3-5-12(7)9-11-10-6-15-9/h6-7H,1-5H2,(H,13,14). The molecule has 82 valence electrons. The minimum absolute atomic E-state index is 0.430. The highest BCUT2D eigenvalue weighted by Gasteiger charge is 2.28. The van der Waals surface area contributed by atoms with Crippen molar-refractivity contribution in [1.82, 2.24) is 10.2 Å². The first-order chi connectivity index (χ1) is 7.29. The van der Waals surface area contributed by atoms with Gasteiger partial charge in [0.1, 0.15) is 11.6 Å². The van der Waals surface area contributed by atoms with E-state index in [4.69, 9.17) is 5.11 Å². The van der Waals surface area contributed by atoms with E-state index in [0.29, 0.717) is 6.42 Å². The summed E-state index contributed by atoms with van der Waals surface area (Å²) in [6.07, 6.45) is 3.81. The Bertz CT molecular complexity index is 328. The molecule has 1 aromatic rings. The van der Waals surface area contributed by atoms with E-state index in [1.807, 2.05) is 4.90 Å². The topological polar surface area (TPSA) is 66.3 Å². The number of aliphatic carboxylic acids is 1. The quantitative estimate of drug-likeness (QED) is 0.826. The van der Waals surface area contributed by atoms with Gasteiger partial charge in [-0.2, -0.15) is 0 Å². The van der Waals surface area contributed by atoms with Crippen molar-refractivity contribution in [3.8, 4) is 0 Å². The van der Waals surface area contributed by atoms with Crippen LogP contribution in [0.25, 0.3) is 0 Å². The van der Waals surface area contributed by atoms with Gasteiger partial charge in [-0.3, -0.25) is 0 Å². The highest BCUT2D eigenvalue weighted by Crippen LogP contribution is 2.25. The van der Waals surface area contributed by atoms with E-state index in [1.165, 1.54) is 11.3 Å². The Morgan fingerprint density at radius 2 is 2.40 bits per heavy atom. The van der Waals surface area contributed by atoms with Gasteiger partial charge < -0.3 is 10.0 Å². The summed E-state index contributed by atoms with van der Waals surface area (Å²) in [6.45, 7) is 0.770. The summed E-state index contributed by atoms with van der Waals surface area (Å²) in [5.74, 6) is -0.757. The lowest BCUT2D eigenvalue weighted by Gasteiger charge is -2.25. The molecular weight excluding hydrogens is 214 g/mol. The summed E-state index contributed by atoms with van der Waals surface area (Å²) in [5, 5.41) is 17.6. The van der Waals surface area contributed by atoms with Crippen LogP contribution in [-0.2, 0) is 4.79 Å². The van der Waals surface area contributed by atoms with E-state index in [1.54, 1.807) is 5.51 Å². The maximum atomic E-state index is 11.1. The molecule has 5 nitrogen and oxygen atoms in total. The van der Waals surface area contributed by atoms with Gasteiger partial charge in [0, 0.05) is 6.54 Å². The molecule has 2 heterocycles. The van der Waals surface area contributed by atoms with Crippen LogP contribution < -0.4 is 4.90 Å². The number of aromatic nitrogens is 2. The van der Waals surface area contributed by atoms with Crippen LogP contribution in [0, 0.1) is 0 Å². The van der Waals surface area contributed by atoms with E-state index in [0.717, 1.165) is 30.9 Å². The molecule has 0 spiro atoms. The van der Waals surface area contributed by atoms with Crippen LogP contribution in [0.5, 0.6) is 0 Å². The van der Waals surface area contributed by atoms with Crippen molar-refractivity contribution in [3.63, 3.8) is 0 Å². The lowest BCUT2D eigenvalue weighted by atomic mass is 10.1. The van der Waals surface area contributed by atoms with Crippen molar-refractivity contribution >= 4 is 22.4 Å². The van der Waals surface area contributed by atoms with Crippen LogP contribution in [-0.4, -0.2) is 33.9 Å². The Hall–Kier alpha value is -1.17. The maximum Gasteiger partial charge on any atom is 0.326 e. The van der Waals surface area contributed by atoms with Crippen LogP contribution in [0.4, 0.5) is 5.13 Å². The second kappa shape index (κ2) is 4.57. The normalized spacial score (nSPS) is 22.4. The summed E-state index contributed by atoms with van der Waals surface area (Å²) in [4.78, 5) is 13.0. The van der Waals surface area contributed by atoms with Gasteiger partial charge in [0.2, 0.25) is 5.13 Å². The first-order valence-corrected chi connectivity index (χ1v) is 5.92. The number of carbonyl (C=O) groups is 1. The number of hydrogen-bond acceptors (Lipinski definition) is 5. The second-order valence-electron chi connectivity index (χ2n) is 3.62. The zero-order valence-electron chi connectivity index (χ0n) is 8.30. The number of carboxylic acids is 1. The average molecular weight is 227 g/mol. The molecule has 1 atom stereocenters. The fraction of sp³-hybridized carbons (Fsp3) is 0.667. The molecule has 0 bridgehead atoms. The van der Waals surface area contributed by atoms with Gasteiger partial charge in [-0.1, -0.05) is 24.2 Å². The summed E-state index contributed by atoms with van der Waals surface area (Å²) < 4.78 is 0. The zero-order valence-corrected chi connectivity index (χ0v) is 9.11. The van der Waals surface area contributed by atoms with Crippen LogP contribution >= 0.6 is 11.3 Å². The largest absolute Gasteiger partial charge is 0.480 e. The maximum absolute atomic E-state index is 11.1. The molecule has 1 unspecified atom stereocenters. The molecule has 0 saturated carbocycles. The molecule has 1 fully saturated rings. The monoisotopic (exact) mass is 227 g/mol. The molecule has 0 aliphatic carbocycles. The van der Waals surface area contributed by atoms with Gasteiger partial charge in [-0.15, -0.1) is 10.2 Å². The van der Waals surface area contributed by atoms with Gasteiger partial charge in [0.25, 0.3) is 0 Å². The number of hydrogen-bond donors (Lipinski definition) is 1. The van der Waals surface area contributed by atoms with Crippen molar-refractivity contribution in [2.75, 3.05) is 11.4 Å². The average Bonchev–Trinajstić information content (AvgIpc) is 2.61. The van der Waals surface area contributed by atoms with Gasteiger partial charge in [-0.05, 0) is 12.8 Å². The van der Waals surface area contributed by atoms with Gasteiger partial charge in [-0.25, -0.2) is 4.79 Å². The van der Waals surface area contributed by atoms with E-state index in [2.05, 4.69) is 10.2 Å². The lowest BCUT2D eigenvalue weighted by Crippen LogP contribution is -2.40. The molecule has 1 N–H and O–H groups in total. The molecular formula is C9H13N3O2S. The van der Waals surface area contributed by atoms with Crippen LogP contribution in [0.3, 0.4) is 0 Å². The highest BCUT2D eigenvalue weighted by molar-refractivity contribution is 7.13. The molecule has 15 heavy (non-hydrogen) atoms. The molecule has 1 aliphatic rings. The first kappa shape index (κ1) is 10.4. The van der Waals surface area contributed by atoms with E-state index >= 15 is 0 Å². The SMILES string of the molecule is O=C(O)C1CCCCCN1c1nncs1. The summed E-state index contributed by atoms with van der Waals surface area (Å²) in [5.41, 5.74) is 1.64. The molecule has 2 rings (SSSR count). The summed E-state index contributed by atoms with van der Waals surface area (Å²) in [7, 11) is 0. The minimum Gasteiger partial charge on any atom is -0.480 e. The van der Waals surface area contributed by atoms with E-state index < -0.39 is 12.0 Å². The van der Waals surface area contributed by atoms with Crippen LogP contribution in [0.2, 0.25) is 0 Å². The molecule has 0 aromatic carbocycles. The third-order valence-corrected chi connectivity index (χ3v) is 3.36.